The van der Waals surface area contributed by atoms with E-state index in [0.717, 1.165) is 37.9 Å². The molecular formula is C14H19NO3. The number of β-amino-alcohol motifs (C(OH)–C–C–N with tert-alkyl or cyclic N) is 1. The number of hydrogen-bond donors (Lipinski definition) is 3. The molecule has 2 atom stereocenters. The molecule has 0 amide bonds. The number of aromatic hydroxyl groups is 2. The second kappa shape index (κ2) is 4.44. The van der Waals surface area contributed by atoms with Gasteiger partial charge in [-0.15, -0.1) is 0 Å². The molecule has 0 unspecified atom stereocenters. The minimum absolute atomic E-state index is 0.0163. The zero-order chi connectivity index (χ0) is 12.7. The monoisotopic (exact) mass is 249 g/mol. The summed E-state index contributed by atoms with van der Waals surface area (Å²) in [7, 11) is 0. The summed E-state index contributed by atoms with van der Waals surface area (Å²) in [6.07, 6.45) is 2.87. The maximum Gasteiger partial charge on any atom is 0.160 e. The van der Waals surface area contributed by atoms with Crippen molar-refractivity contribution >= 4 is 0 Å². The van der Waals surface area contributed by atoms with E-state index in [4.69, 9.17) is 5.11 Å². The SMILES string of the molecule is OCCN1CC[C@@H]2c3ccc(O)c(O)c3CC[C@@H]21. The van der Waals surface area contributed by atoms with Gasteiger partial charge in [0, 0.05) is 24.1 Å². The molecule has 0 spiro atoms. The number of aliphatic hydroxyl groups is 1. The topological polar surface area (TPSA) is 63.9 Å². The highest BCUT2D eigenvalue weighted by molar-refractivity contribution is 5.52. The summed E-state index contributed by atoms with van der Waals surface area (Å²) >= 11 is 0. The molecule has 4 nitrogen and oxygen atoms in total. The van der Waals surface area contributed by atoms with Crippen molar-refractivity contribution < 1.29 is 15.3 Å². The third-order valence-corrected chi connectivity index (χ3v) is 4.44. The zero-order valence-electron chi connectivity index (χ0n) is 10.3. The van der Waals surface area contributed by atoms with Crippen LogP contribution in [0.3, 0.4) is 0 Å². The van der Waals surface area contributed by atoms with Crippen LogP contribution in [0.15, 0.2) is 12.1 Å². The Balaban J connectivity index is 1.94. The molecule has 18 heavy (non-hydrogen) atoms. The van der Waals surface area contributed by atoms with E-state index in [2.05, 4.69) is 4.90 Å². The number of rotatable bonds is 2. The molecule has 98 valence electrons. The second-order valence-electron chi connectivity index (χ2n) is 5.26. The van der Waals surface area contributed by atoms with Gasteiger partial charge in [0.2, 0.25) is 0 Å². The first-order chi connectivity index (χ1) is 8.72. The summed E-state index contributed by atoms with van der Waals surface area (Å²) in [5.41, 5.74) is 2.10. The van der Waals surface area contributed by atoms with Gasteiger partial charge < -0.3 is 15.3 Å². The van der Waals surface area contributed by atoms with E-state index in [0.29, 0.717) is 12.0 Å². The molecule has 1 aliphatic carbocycles. The normalized spacial score (nSPS) is 26.9. The van der Waals surface area contributed by atoms with Crippen LogP contribution >= 0.6 is 0 Å². The van der Waals surface area contributed by atoms with Gasteiger partial charge in [0.15, 0.2) is 11.5 Å². The van der Waals surface area contributed by atoms with Crippen LogP contribution in [0, 0.1) is 0 Å². The lowest BCUT2D eigenvalue weighted by Gasteiger charge is -2.33. The molecule has 1 aromatic rings. The van der Waals surface area contributed by atoms with E-state index >= 15 is 0 Å². The predicted octanol–water partition coefficient (Wildman–Crippen LogP) is 1.19. The Morgan fingerprint density at radius 1 is 1.22 bits per heavy atom. The van der Waals surface area contributed by atoms with E-state index in [1.807, 2.05) is 6.07 Å². The summed E-state index contributed by atoms with van der Waals surface area (Å²) in [5.74, 6) is 0.482. The number of phenols is 2. The third kappa shape index (κ3) is 1.68. The molecular weight excluding hydrogens is 230 g/mol. The fourth-order valence-corrected chi connectivity index (χ4v) is 3.61. The molecule has 0 radical (unpaired) electrons. The van der Waals surface area contributed by atoms with Crippen molar-refractivity contribution in [3.8, 4) is 11.5 Å². The van der Waals surface area contributed by atoms with Crippen molar-refractivity contribution in [3.63, 3.8) is 0 Å². The molecule has 4 heteroatoms. The minimum atomic E-state index is -0.0163. The number of fused-ring (bicyclic) bond motifs is 3. The number of nitrogens with zero attached hydrogens (tertiary/aromatic N) is 1. The van der Waals surface area contributed by atoms with Gasteiger partial charge in [-0.25, -0.2) is 0 Å². The molecule has 1 saturated heterocycles. The maximum absolute atomic E-state index is 9.93. The first kappa shape index (κ1) is 11.8. The molecule has 3 rings (SSSR count). The Labute approximate surface area is 106 Å². The summed E-state index contributed by atoms with van der Waals surface area (Å²) < 4.78 is 0. The Morgan fingerprint density at radius 2 is 2.06 bits per heavy atom. The quantitative estimate of drug-likeness (QED) is 0.689. The lowest BCUT2D eigenvalue weighted by molar-refractivity contribution is 0.171. The van der Waals surface area contributed by atoms with Crippen LogP contribution in [-0.2, 0) is 6.42 Å². The highest BCUT2D eigenvalue weighted by atomic mass is 16.3. The molecule has 1 aromatic carbocycles. The smallest absolute Gasteiger partial charge is 0.160 e. The molecule has 1 heterocycles. The maximum atomic E-state index is 9.93. The number of phenolic OH excluding ortho intramolecular Hbond substituents is 2. The second-order valence-corrected chi connectivity index (χ2v) is 5.26. The van der Waals surface area contributed by atoms with Gasteiger partial charge in [-0.2, -0.15) is 0 Å². The van der Waals surface area contributed by atoms with Crippen LogP contribution in [0.25, 0.3) is 0 Å². The van der Waals surface area contributed by atoms with Crippen molar-refractivity contribution in [2.75, 3.05) is 19.7 Å². The van der Waals surface area contributed by atoms with Gasteiger partial charge in [-0.3, -0.25) is 4.90 Å². The number of likely N-dealkylation sites (tertiary alicyclic amines) is 1. The van der Waals surface area contributed by atoms with Crippen LogP contribution in [-0.4, -0.2) is 46.0 Å². The van der Waals surface area contributed by atoms with Crippen molar-refractivity contribution in [3.05, 3.63) is 23.3 Å². The molecule has 1 fully saturated rings. The van der Waals surface area contributed by atoms with Crippen LogP contribution in [0.1, 0.15) is 29.9 Å². The van der Waals surface area contributed by atoms with Gasteiger partial charge >= 0.3 is 0 Å². The summed E-state index contributed by atoms with van der Waals surface area (Å²) in [5, 5.41) is 28.6. The number of benzene rings is 1. The van der Waals surface area contributed by atoms with Crippen LogP contribution in [0.5, 0.6) is 11.5 Å². The van der Waals surface area contributed by atoms with Crippen LogP contribution in [0.2, 0.25) is 0 Å². The Bertz CT molecular complexity index is 461. The minimum Gasteiger partial charge on any atom is -0.504 e. The lowest BCUT2D eigenvalue weighted by atomic mass is 9.79. The van der Waals surface area contributed by atoms with E-state index in [9.17, 15) is 10.2 Å². The highest BCUT2D eigenvalue weighted by Crippen LogP contribution is 2.46. The van der Waals surface area contributed by atoms with Gasteiger partial charge in [0.1, 0.15) is 0 Å². The van der Waals surface area contributed by atoms with E-state index in [1.54, 1.807) is 6.07 Å². The van der Waals surface area contributed by atoms with E-state index in [-0.39, 0.29) is 18.1 Å². The zero-order valence-corrected chi connectivity index (χ0v) is 10.3. The highest BCUT2D eigenvalue weighted by Gasteiger charge is 2.39. The summed E-state index contributed by atoms with van der Waals surface area (Å²) in [4.78, 5) is 2.34. The first-order valence-corrected chi connectivity index (χ1v) is 6.61. The standard InChI is InChI=1S/C14H19NO3/c16-8-7-15-6-5-10-9-2-4-13(17)14(18)11(9)1-3-12(10)15/h2,4,10,12,16-18H,1,3,5-8H2/t10-,12+/m1/s1. The van der Waals surface area contributed by atoms with E-state index < -0.39 is 0 Å². The third-order valence-electron chi connectivity index (χ3n) is 4.44. The first-order valence-electron chi connectivity index (χ1n) is 6.61. The Morgan fingerprint density at radius 3 is 2.83 bits per heavy atom. The molecule has 3 N–H and O–H groups in total. The van der Waals surface area contributed by atoms with Crippen molar-refractivity contribution in [2.24, 2.45) is 0 Å². The average Bonchev–Trinajstić information content (AvgIpc) is 2.78. The summed E-state index contributed by atoms with van der Waals surface area (Å²) in [6.45, 7) is 1.95. The molecule has 2 aliphatic rings. The largest absolute Gasteiger partial charge is 0.504 e. The fraction of sp³-hybridized carbons (Fsp3) is 0.571. The average molecular weight is 249 g/mol. The fourth-order valence-electron chi connectivity index (χ4n) is 3.61. The number of aliphatic hydroxyl groups excluding tert-OH is 1. The van der Waals surface area contributed by atoms with Gasteiger partial charge in [-0.05, 0) is 37.4 Å². The van der Waals surface area contributed by atoms with Crippen LogP contribution < -0.4 is 0 Å². The van der Waals surface area contributed by atoms with Gasteiger partial charge in [0.05, 0.1) is 6.61 Å². The molecule has 0 saturated carbocycles. The molecule has 1 aliphatic heterocycles. The van der Waals surface area contributed by atoms with E-state index in [1.165, 1.54) is 5.56 Å². The lowest BCUT2D eigenvalue weighted by Crippen LogP contribution is -2.36. The Kier molecular flexibility index (Phi) is 2.92. The molecule has 0 aromatic heterocycles. The molecule has 0 bridgehead atoms. The van der Waals surface area contributed by atoms with Crippen molar-refractivity contribution in [2.45, 2.75) is 31.2 Å². The van der Waals surface area contributed by atoms with Crippen molar-refractivity contribution in [1.29, 1.82) is 0 Å². The van der Waals surface area contributed by atoms with Crippen molar-refractivity contribution in [1.82, 2.24) is 4.90 Å². The summed E-state index contributed by atoms with van der Waals surface area (Å²) in [6, 6.07) is 4.02. The van der Waals surface area contributed by atoms with Gasteiger partial charge in [-0.1, -0.05) is 6.07 Å². The number of hydrogen-bond acceptors (Lipinski definition) is 4. The van der Waals surface area contributed by atoms with Gasteiger partial charge in [0.25, 0.3) is 0 Å². The predicted molar refractivity (Wildman–Crippen MR) is 67.9 cm³/mol. The Hall–Kier alpha value is -1.26. The van der Waals surface area contributed by atoms with Crippen LogP contribution in [0.4, 0.5) is 0 Å².